The Morgan fingerprint density at radius 3 is 2.50 bits per heavy atom. The molecule has 0 saturated carbocycles. The Hall–Kier alpha value is -2.35. The van der Waals surface area contributed by atoms with Gasteiger partial charge in [-0.3, -0.25) is 9.59 Å². The van der Waals surface area contributed by atoms with E-state index in [0.717, 1.165) is 11.3 Å². The third-order valence-electron chi connectivity index (χ3n) is 4.82. The van der Waals surface area contributed by atoms with Crippen molar-refractivity contribution in [2.75, 3.05) is 11.9 Å². The first-order valence-corrected chi connectivity index (χ1v) is 10.9. The van der Waals surface area contributed by atoms with Crippen LogP contribution in [0.2, 0.25) is 10.0 Å². The maximum absolute atomic E-state index is 12.9. The fourth-order valence-electron chi connectivity index (χ4n) is 3.31. The van der Waals surface area contributed by atoms with E-state index in [4.69, 9.17) is 27.9 Å². The number of anilines is 1. The van der Waals surface area contributed by atoms with Gasteiger partial charge in [-0.1, -0.05) is 41.4 Å². The molecule has 0 aliphatic heterocycles. The molecule has 1 aromatic carbocycles. The zero-order chi connectivity index (χ0) is 21.8. The van der Waals surface area contributed by atoms with Crippen molar-refractivity contribution in [1.29, 1.82) is 0 Å². The second-order valence-electron chi connectivity index (χ2n) is 6.69. The second kappa shape index (κ2) is 9.64. The highest BCUT2D eigenvalue weighted by molar-refractivity contribution is 7.15. The molecule has 1 aromatic heterocycles. The van der Waals surface area contributed by atoms with Crippen LogP contribution in [0.3, 0.4) is 0 Å². The Morgan fingerprint density at radius 1 is 1.17 bits per heavy atom. The topological polar surface area (TPSA) is 92.7 Å². The number of aliphatic carboxylic acids is 1. The first-order chi connectivity index (χ1) is 14.3. The van der Waals surface area contributed by atoms with Gasteiger partial charge in [0.15, 0.2) is 0 Å². The minimum Gasteiger partial charge on any atom is -0.481 e. The zero-order valence-corrected chi connectivity index (χ0v) is 18.3. The van der Waals surface area contributed by atoms with Crippen LogP contribution < -0.4 is 5.32 Å². The highest BCUT2D eigenvalue weighted by atomic mass is 35.5. The summed E-state index contributed by atoms with van der Waals surface area (Å²) in [6.45, 7) is 1.85. The summed E-state index contributed by atoms with van der Waals surface area (Å²) in [4.78, 5) is 37.1. The number of carbonyl (C=O) groups excluding carboxylic acids is 2. The minimum atomic E-state index is -1.02. The number of hydrogen-bond donors (Lipinski definition) is 2. The molecule has 0 unspecified atom stereocenters. The van der Waals surface area contributed by atoms with Crippen LogP contribution in [-0.2, 0) is 14.3 Å². The molecule has 0 fully saturated rings. The summed E-state index contributed by atoms with van der Waals surface area (Å²) >= 11 is 13.3. The molecule has 6 nitrogen and oxygen atoms in total. The Balaban J connectivity index is 1.96. The van der Waals surface area contributed by atoms with Crippen molar-refractivity contribution in [3.63, 3.8) is 0 Å². The van der Waals surface area contributed by atoms with Gasteiger partial charge in [0, 0.05) is 10.9 Å². The van der Waals surface area contributed by atoms with Crippen LogP contribution in [-0.4, -0.2) is 29.6 Å². The number of rotatable bonds is 6. The summed E-state index contributed by atoms with van der Waals surface area (Å²) in [5.74, 6) is -3.59. The van der Waals surface area contributed by atoms with E-state index in [0.29, 0.717) is 32.6 Å². The SMILES string of the molecule is CCOC(=O)c1c(-c2ccc(Cl)c(Cl)c2)csc1NC(=O)[C@@H]1CC=CC[C@H]1C(=O)O. The number of nitrogens with one attached hydrogen (secondary N) is 1. The van der Waals surface area contributed by atoms with E-state index >= 15 is 0 Å². The Kier molecular flexibility index (Phi) is 7.18. The van der Waals surface area contributed by atoms with Gasteiger partial charge < -0.3 is 15.2 Å². The number of thiophene rings is 1. The molecule has 30 heavy (non-hydrogen) atoms. The van der Waals surface area contributed by atoms with Gasteiger partial charge in [0.1, 0.15) is 10.6 Å². The normalized spacial score (nSPS) is 18.1. The van der Waals surface area contributed by atoms with Gasteiger partial charge in [-0.15, -0.1) is 11.3 Å². The number of carbonyl (C=O) groups is 3. The fourth-order valence-corrected chi connectivity index (χ4v) is 4.57. The van der Waals surface area contributed by atoms with Gasteiger partial charge in [0.2, 0.25) is 5.91 Å². The number of benzene rings is 1. The molecule has 1 amide bonds. The molecule has 2 atom stereocenters. The van der Waals surface area contributed by atoms with Crippen LogP contribution in [0, 0.1) is 11.8 Å². The lowest BCUT2D eigenvalue weighted by atomic mass is 9.82. The molecule has 0 spiro atoms. The lowest BCUT2D eigenvalue weighted by Gasteiger charge is -2.24. The number of allylic oxidation sites excluding steroid dienone is 2. The molecular formula is C21H19Cl2NO5S. The molecule has 3 rings (SSSR count). The van der Waals surface area contributed by atoms with E-state index in [9.17, 15) is 19.5 Å². The largest absolute Gasteiger partial charge is 0.481 e. The van der Waals surface area contributed by atoms with E-state index in [2.05, 4.69) is 5.32 Å². The maximum atomic E-state index is 12.9. The van der Waals surface area contributed by atoms with Gasteiger partial charge >= 0.3 is 11.9 Å². The molecule has 1 heterocycles. The zero-order valence-electron chi connectivity index (χ0n) is 16.0. The summed E-state index contributed by atoms with van der Waals surface area (Å²) < 4.78 is 5.18. The summed E-state index contributed by atoms with van der Waals surface area (Å²) in [6, 6.07) is 4.97. The Labute approximate surface area is 187 Å². The predicted octanol–water partition coefficient (Wildman–Crippen LogP) is 5.50. The first kappa shape index (κ1) is 22.3. The molecule has 9 heteroatoms. The van der Waals surface area contributed by atoms with Crippen LogP contribution in [0.25, 0.3) is 11.1 Å². The number of hydrogen-bond acceptors (Lipinski definition) is 5. The number of halogens is 2. The number of ether oxygens (including phenoxy) is 1. The average Bonchev–Trinajstić information content (AvgIpc) is 3.13. The van der Waals surface area contributed by atoms with Gasteiger partial charge in [-0.2, -0.15) is 0 Å². The molecule has 2 N–H and O–H groups in total. The summed E-state index contributed by atoms with van der Waals surface area (Å²) in [7, 11) is 0. The number of amides is 1. The first-order valence-electron chi connectivity index (χ1n) is 9.26. The van der Waals surface area contributed by atoms with E-state index < -0.39 is 29.7 Å². The summed E-state index contributed by atoms with van der Waals surface area (Å²) in [5, 5.41) is 14.9. The van der Waals surface area contributed by atoms with Crippen molar-refractivity contribution in [2.45, 2.75) is 19.8 Å². The maximum Gasteiger partial charge on any atom is 0.341 e. The lowest BCUT2D eigenvalue weighted by molar-refractivity contribution is -0.146. The highest BCUT2D eigenvalue weighted by Crippen LogP contribution is 2.39. The van der Waals surface area contributed by atoms with E-state index in [-0.39, 0.29) is 18.6 Å². The van der Waals surface area contributed by atoms with Crippen LogP contribution in [0.5, 0.6) is 0 Å². The van der Waals surface area contributed by atoms with E-state index in [1.165, 1.54) is 0 Å². The average molecular weight is 468 g/mol. The van der Waals surface area contributed by atoms with Crippen molar-refractivity contribution in [1.82, 2.24) is 0 Å². The summed E-state index contributed by atoms with van der Waals surface area (Å²) in [5.41, 5.74) is 1.39. The van der Waals surface area contributed by atoms with Gasteiger partial charge in [0.25, 0.3) is 0 Å². The molecular weight excluding hydrogens is 449 g/mol. The molecule has 2 aromatic rings. The smallest absolute Gasteiger partial charge is 0.341 e. The third kappa shape index (κ3) is 4.69. The quantitative estimate of drug-likeness (QED) is 0.431. The van der Waals surface area contributed by atoms with Crippen LogP contribution in [0.4, 0.5) is 5.00 Å². The Bertz CT molecular complexity index is 1020. The van der Waals surface area contributed by atoms with Crippen LogP contribution >= 0.6 is 34.5 Å². The van der Waals surface area contributed by atoms with Crippen molar-refractivity contribution in [3.05, 3.63) is 51.3 Å². The third-order valence-corrected chi connectivity index (χ3v) is 6.46. The minimum absolute atomic E-state index is 0.164. The number of carboxylic acid groups (broad SMARTS) is 1. The van der Waals surface area contributed by atoms with E-state index in [1.54, 1.807) is 42.7 Å². The molecule has 0 bridgehead atoms. The van der Waals surface area contributed by atoms with E-state index in [1.807, 2.05) is 0 Å². The number of esters is 1. The lowest BCUT2D eigenvalue weighted by Crippen LogP contribution is -2.34. The van der Waals surface area contributed by atoms with Crippen LogP contribution in [0.15, 0.2) is 35.7 Å². The standard InChI is InChI=1S/C21H19Cl2NO5S/c1-2-29-21(28)17-14(11-7-8-15(22)16(23)9-11)10-30-19(17)24-18(25)12-5-3-4-6-13(12)20(26)27/h3-4,7-10,12-13H,2,5-6H2,1H3,(H,24,25)(H,26,27)/t12-,13-/m1/s1. The second-order valence-corrected chi connectivity index (χ2v) is 8.38. The monoisotopic (exact) mass is 467 g/mol. The van der Waals surface area contributed by atoms with Crippen LogP contribution in [0.1, 0.15) is 30.1 Å². The molecule has 1 aliphatic carbocycles. The highest BCUT2D eigenvalue weighted by Gasteiger charge is 2.35. The van der Waals surface area contributed by atoms with Crippen molar-refractivity contribution < 1.29 is 24.2 Å². The molecule has 0 radical (unpaired) electrons. The van der Waals surface area contributed by atoms with Gasteiger partial charge in [-0.05, 0) is 37.5 Å². The fraction of sp³-hybridized carbons (Fsp3) is 0.286. The summed E-state index contributed by atoms with van der Waals surface area (Å²) in [6.07, 6.45) is 4.17. The molecule has 0 saturated heterocycles. The van der Waals surface area contributed by atoms with Gasteiger partial charge in [0.05, 0.1) is 28.5 Å². The van der Waals surface area contributed by atoms with Crippen molar-refractivity contribution >= 4 is 57.4 Å². The molecule has 158 valence electrons. The van der Waals surface area contributed by atoms with Gasteiger partial charge in [-0.25, -0.2) is 4.79 Å². The van der Waals surface area contributed by atoms with Crippen molar-refractivity contribution in [2.24, 2.45) is 11.8 Å². The Morgan fingerprint density at radius 2 is 1.87 bits per heavy atom. The number of carboxylic acids is 1. The molecule has 1 aliphatic rings. The van der Waals surface area contributed by atoms with Crippen molar-refractivity contribution in [3.8, 4) is 11.1 Å². The predicted molar refractivity (Wildman–Crippen MR) is 117 cm³/mol.